The summed E-state index contributed by atoms with van der Waals surface area (Å²) in [5.41, 5.74) is 5.40. The summed E-state index contributed by atoms with van der Waals surface area (Å²) >= 11 is 1.38. The lowest BCUT2D eigenvalue weighted by Gasteiger charge is -2.23. The fourth-order valence-electron chi connectivity index (χ4n) is 4.62. The lowest BCUT2D eigenvalue weighted by Crippen LogP contribution is -2.29. The molecule has 1 aromatic heterocycles. The van der Waals surface area contributed by atoms with Crippen molar-refractivity contribution >= 4 is 44.1 Å². The number of carbonyl (C=O) groups excluding carboxylic acids is 2. The van der Waals surface area contributed by atoms with Gasteiger partial charge in [0.2, 0.25) is 0 Å². The molecule has 176 valence electrons. The number of fused-ring (bicyclic) bond motifs is 1. The predicted octanol–water partition coefficient (Wildman–Crippen LogP) is 6.66. The van der Waals surface area contributed by atoms with Crippen LogP contribution in [0, 0.1) is 13.8 Å². The van der Waals surface area contributed by atoms with E-state index in [1.165, 1.54) is 16.2 Å². The van der Waals surface area contributed by atoms with Gasteiger partial charge in [0.1, 0.15) is 5.76 Å². The standard InChI is InChI=1S/C29H26N2O3S/c1-16(2)19-10-12-20(13-11-19)25-23(26(32)21-8-6-5-7-9-21)27(33)28(34)31(25)29-30-24-18(4)14-17(3)15-22(24)35-29/h5-16,25,32H,1-4H3/t25-/m0/s1. The first-order valence-electron chi connectivity index (χ1n) is 11.6. The molecule has 1 saturated heterocycles. The van der Waals surface area contributed by atoms with Crippen LogP contribution >= 0.6 is 11.3 Å². The van der Waals surface area contributed by atoms with Gasteiger partial charge in [0.05, 0.1) is 21.8 Å². The van der Waals surface area contributed by atoms with Crippen molar-refractivity contribution in [3.05, 3.63) is 100 Å². The fourth-order valence-corrected chi connectivity index (χ4v) is 5.79. The average Bonchev–Trinajstić information content (AvgIpc) is 3.38. The predicted molar refractivity (Wildman–Crippen MR) is 141 cm³/mol. The fraction of sp³-hybridized carbons (Fsp3) is 0.207. The van der Waals surface area contributed by atoms with E-state index in [0.29, 0.717) is 16.6 Å². The lowest BCUT2D eigenvalue weighted by molar-refractivity contribution is -0.132. The van der Waals surface area contributed by atoms with E-state index >= 15 is 0 Å². The molecule has 0 spiro atoms. The van der Waals surface area contributed by atoms with Gasteiger partial charge in [-0.3, -0.25) is 14.5 Å². The van der Waals surface area contributed by atoms with Crippen LogP contribution in [0.2, 0.25) is 0 Å². The molecule has 1 aliphatic heterocycles. The molecule has 6 heteroatoms. The Hall–Kier alpha value is -3.77. The van der Waals surface area contributed by atoms with Crippen molar-refractivity contribution in [2.24, 2.45) is 0 Å². The Bertz CT molecular complexity index is 1480. The van der Waals surface area contributed by atoms with Crippen molar-refractivity contribution in [2.45, 2.75) is 39.7 Å². The molecule has 1 fully saturated rings. The number of Topliss-reactive ketones (excluding diaryl/α,β-unsaturated/α-hetero) is 1. The van der Waals surface area contributed by atoms with Crippen molar-refractivity contribution in [1.29, 1.82) is 0 Å². The zero-order chi connectivity index (χ0) is 24.9. The van der Waals surface area contributed by atoms with Gasteiger partial charge >= 0.3 is 5.91 Å². The number of nitrogens with zero attached hydrogens (tertiary/aromatic N) is 2. The van der Waals surface area contributed by atoms with Gasteiger partial charge in [0.25, 0.3) is 5.78 Å². The second-order valence-corrected chi connectivity index (χ2v) is 10.3. The van der Waals surface area contributed by atoms with E-state index in [1.54, 1.807) is 24.3 Å². The monoisotopic (exact) mass is 482 g/mol. The van der Waals surface area contributed by atoms with Gasteiger partial charge in [-0.1, -0.05) is 85.8 Å². The highest BCUT2D eigenvalue weighted by Gasteiger charge is 2.48. The number of aryl methyl sites for hydroxylation is 2. The molecule has 0 aliphatic carbocycles. The van der Waals surface area contributed by atoms with Gasteiger partial charge in [-0.15, -0.1) is 0 Å². The minimum atomic E-state index is -0.779. The second kappa shape index (κ2) is 8.78. The van der Waals surface area contributed by atoms with Crippen molar-refractivity contribution in [2.75, 3.05) is 4.90 Å². The first-order valence-corrected chi connectivity index (χ1v) is 12.4. The van der Waals surface area contributed by atoms with Gasteiger partial charge in [0.15, 0.2) is 5.13 Å². The highest BCUT2D eigenvalue weighted by molar-refractivity contribution is 7.22. The van der Waals surface area contributed by atoms with Gasteiger partial charge in [-0.05, 0) is 48.1 Å². The number of aliphatic hydroxyl groups excluding tert-OH is 1. The number of hydrogen-bond acceptors (Lipinski definition) is 5. The molecule has 1 amide bonds. The molecular formula is C29H26N2O3S. The lowest BCUT2D eigenvalue weighted by atomic mass is 9.93. The van der Waals surface area contributed by atoms with Crippen LogP contribution in [-0.4, -0.2) is 21.8 Å². The average molecular weight is 483 g/mol. The summed E-state index contributed by atoms with van der Waals surface area (Å²) in [6, 6.07) is 20.1. The third kappa shape index (κ3) is 3.94. The maximum atomic E-state index is 13.4. The number of benzene rings is 3. The van der Waals surface area contributed by atoms with Crippen LogP contribution in [-0.2, 0) is 9.59 Å². The van der Waals surface area contributed by atoms with Gasteiger partial charge in [-0.25, -0.2) is 4.98 Å². The Kier molecular flexibility index (Phi) is 5.77. The number of aromatic nitrogens is 1. The van der Waals surface area contributed by atoms with Crippen LogP contribution in [0.1, 0.15) is 53.6 Å². The van der Waals surface area contributed by atoms with Crippen molar-refractivity contribution in [3.8, 4) is 0 Å². The summed E-state index contributed by atoms with van der Waals surface area (Å²) in [4.78, 5) is 33.0. The van der Waals surface area contributed by atoms with Crippen LogP contribution in [0.25, 0.3) is 16.0 Å². The number of anilines is 1. The number of hydrogen-bond donors (Lipinski definition) is 1. The van der Waals surface area contributed by atoms with Crippen LogP contribution < -0.4 is 4.90 Å². The molecule has 4 aromatic rings. The van der Waals surface area contributed by atoms with Crippen molar-refractivity contribution < 1.29 is 14.7 Å². The molecule has 0 bridgehead atoms. The Morgan fingerprint density at radius 2 is 1.69 bits per heavy atom. The van der Waals surface area contributed by atoms with Crippen molar-refractivity contribution in [1.82, 2.24) is 4.98 Å². The first kappa shape index (κ1) is 23.0. The highest BCUT2D eigenvalue weighted by atomic mass is 32.1. The van der Waals surface area contributed by atoms with Crippen LogP contribution in [0.3, 0.4) is 0 Å². The largest absolute Gasteiger partial charge is 0.507 e. The maximum absolute atomic E-state index is 13.4. The second-order valence-electron chi connectivity index (χ2n) is 9.28. The number of thiazole rings is 1. The number of carbonyl (C=O) groups is 2. The van der Waals surface area contributed by atoms with Gasteiger partial charge < -0.3 is 5.11 Å². The van der Waals surface area contributed by atoms with Crippen molar-refractivity contribution in [3.63, 3.8) is 0 Å². The summed E-state index contributed by atoms with van der Waals surface area (Å²) in [6.45, 7) is 8.24. The molecule has 35 heavy (non-hydrogen) atoms. The van der Waals surface area contributed by atoms with E-state index in [0.717, 1.165) is 32.5 Å². The smallest absolute Gasteiger partial charge is 0.301 e. The molecule has 5 rings (SSSR count). The highest BCUT2D eigenvalue weighted by Crippen LogP contribution is 2.44. The zero-order valence-electron chi connectivity index (χ0n) is 20.1. The summed E-state index contributed by atoms with van der Waals surface area (Å²) < 4.78 is 0.955. The first-order chi connectivity index (χ1) is 16.8. The van der Waals surface area contributed by atoms with Gasteiger partial charge in [0, 0.05) is 5.56 Å². The number of aliphatic hydroxyl groups is 1. The minimum absolute atomic E-state index is 0.0747. The Balaban J connectivity index is 1.73. The molecule has 0 radical (unpaired) electrons. The molecule has 1 aliphatic rings. The Morgan fingerprint density at radius 1 is 1.00 bits per heavy atom. The van der Waals surface area contributed by atoms with E-state index in [9.17, 15) is 14.7 Å². The molecule has 5 nitrogen and oxygen atoms in total. The molecule has 0 unspecified atom stereocenters. The summed E-state index contributed by atoms with van der Waals surface area (Å²) in [5.74, 6) is -1.24. The van der Waals surface area contributed by atoms with E-state index in [2.05, 4.69) is 19.9 Å². The zero-order valence-corrected chi connectivity index (χ0v) is 20.9. The SMILES string of the molecule is Cc1cc(C)c2nc(N3C(=O)C(=O)C(=C(O)c4ccccc4)[C@@H]3c3ccc(C(C)C)cc3)sc2c1. The molecule has 1 N–H and O–H groups in total. The van der Waals surface area contributed by atoms with E-state index in [4.69, 9.17) is 4.98 Å². The molecule has 3 aromatic carbocycles. The van der Waals surface area contributed by atoms with Gasteiger partial charge in [-0.2, -0.15) is 0 Å². The van der Waals surface area contributed by atoms with Crippen LogP contribution in [0.5, 0.6) is 0 Å². The number of ketones is 1. The van der Waals surface area contributed by atoms with Crippen LogP contribution in [0.4, 0.5) is 5.13 Å². The normalized spacial score (nSPS) is 17.6. The molecule has 1 atom stereocenters. The maximum Gasteiger partial charge on any atom is 0.301 e. The summed E-state index contributed by atoms with van der Waals surface area (Å²) in [5, 5.41) is 11.7. The van der Waals surface area contributed by atoms with Crippen LogP contribution in [0.15, 0.2) is 72.3 Å². The third-order valence-corrected chi connectivity index (χ3v) is 7.44. The molecular weight excluding hydrogens is 456 g/mol. The quantitative estimate of drug-likeness (QED) is 0.200. The number of amides is 1. The topological polar surface area (TPSA) is 70.5 Å². The summed E-state index contributed by atoms with van der Waals surface area (Å²) in [6.07, 6.45) is 0. The van der Waals surface area contributed by atoms with E-state index < -0.39 is 17.7 Å². The number of rotatable bonds is 4. The summed E-state index contributed by atoms with van der Waals surface area (Å²) in [7, 11) is 0. The third-order valence-electron chi connectivity index (χ3n) is 6.44. The molecule has 0 saturated carbocycles. The minimum Gasteiger partial charge on any atom is -0.507 e. The Labute approximate surface area is 208 Å². The Morgan fingerprint density at radius 3 is 2.34 bits per heavy atom. The molecule has 2 heterocycles. The van der Waals surface area contributed by atoms with E-state index in [1.807, 2.05) is 50.2 Å². The van der Waals surface area contributed by atoms with E-state index in [-0.39, 0.29) is 11.3 Å².